The zero-order valence-corrected chi connectivity index (χ0v) is 7.66. The third kappa shape index (κ3) is 1.24. The predicted molar refractivity (Wildman–Crippen MR) is 52.1 cm³/mol. The molecule has 1 heterocycles. The highest BCUT2D eigenvalue weighted by Gasteiger charge is 2.53. The van der Waals surface area contributed by atoms with Crippen molar-refractivity contribution in [3.05, 3.63) is 35.9 Å². The summed E-state index contributed by atoms with van der Waals surface area (Å²) < 4.78 is 5.59. The van der Waals surface area contributed by atoms with E-state index >= 15 is 0 Å². The summed E-state index contributed by atoms with van der Waals surface area (Å²) in [6.07, 6.45) is 6.24. The van der Waals surface area contributed by atoms with Crippen LogP contribution >= 0.6 is 0 Å². The van der Waals surface area contributed by atoms with Crippen LogP contribution in [0.2, 0.25) is 0 Å². The molecule has 2 rings (SSSR count). The highest BCUT2D eigenvalue weighted by Crippen LogP contribution is 2.48. The van der Waals surface area contributed by atoms with Crippen molar-refractivity contribution >= 4 is 0 Å². The van der Waals surface area contributed by atoms with Crippen molar-refractivity contribution in [3.8, 4) is 12.3 Å². The summed E-state index contributed by atoms with van der Waals surface area (Å²) in [6.45, 7) is 2.06. The van der Waals surface area contributed by atoms with Crippen LogP contribution in [0.25, 0.3) is 0 Å². The summed E-state index contributed by atoms with van der Waals surface area (Å²) in [4.78, 5) is 0. The van der Waals surface area contributed by atoms with E-state index in [9.17, 15) is 0 Å². The summed E-state index contributed by atoms with van der Waals surface area (Å²) in [6, 6.07) is 10.2. The van der Waals surface area contributed by atoms with Gasteiger partial charge in [-0.15, -0.1) is 12.3 Å². The highest BCUT2D eigenvalue weighted by molar-refractivity contribution is 5.30. The Morgan fingerprint density at radius 2 is 2.08 bits per heavy atom. The van der Waals surface area contributed by atoms with Crippen LogP contribution < -0.4 is 0 Å². The highest BCUT2D eigenvalue weighted by atomic mass is 16.6. The Kier molecular flexibility index (Phi) is 1.86. The second-order valence-electron chi connectivity index (χ2n) is 3.40. The summed E-state index contributed by atoms with van der Waals surface area (Å²) in [7, 11) is 0. The van der Waals surface area contributed by atoms with Gasteiger partial charge in [0.25, 0.3) is 0 Å². The average molecular weight is 172 g/mol. The van der Waals surface area contributed by atoms with Crippen molar-refractivity contribution in [1.82, 2.24) is 0 Å². The van der Waals surface area contributed by atoms with Gasteiger partial charge in [-0.3, -0.25) is 0 Å². The summed E-state index contributed by atoms with van der Waals surface area (Å²) in [5.41, 5.74) is 1.01. The smallest absolute Gasteiger partial charge is 0.130 e. The fraction of sp³-hybridized carbons (Fsp3) is 0.333. The Morgan fingerprint density at radius 3 is 2.54 bits per heavy atom. The van der Waals surface area contributed by atoms with Crippen LogP contribution in [0, 0.1) is 12.3 Å². The van der Waals surface area contributed by atoms with E-state index in [0.29, 0.717) is 6.42 Å². The second-order valence-corrected chi connectivity index (χ2v) is 3.40. The van der Waals surface area contributed by atoms with Crippen molar-refractivity contribution < 1.29 is 4.74 Å². The van der Waals surface area contributed by atoms with Crippen LogP contribution in [-0.4, -0.2) is 6.10 Å². The third-order valence-corrected chi connectivity index (χ3v) is 2.61. The Labute approximate surface area is 78.7 Å². The molecule has 1 aromatic rings. The van der Waals surface area contributed by atoms with Gasteiger partial charge in [0.2, 0.25) is 0 Å². The minimum Gasteiger partial charge on any atom is -0.360 e. The molecule has 2 atom stereocenters. The van der Waals surface area contributed by atoms with E-state index in [1.54, 1.807) is 0 Å². The molecule has 1 aromatic carbocycles. The van der Waals surface area contributed by atoms with Crippen molar-refractivity contribution in [2.24, 2.45) is 0 Å². The second kappa shape index (κ2) is 2.90. The van der Waals surface area contributed by atoms with Gasteiger partial charge in [-0.2, -0.15) is 0 Å². The van der Waals surface area contributed by atoms with Crippen molar-refractivity contribution in [1.29, 1.82) is 0 Å². The number of epoxide rings is 1. The van der Waals surface area contributed by atoms with Gasteiger partial charge in [-0.1, -0.05) is 30.3 Å². The van der Waals surface area contributed by atoms with Crippen LogP contribution in [0.3, 0.4) is 0 Å². The maximum Gasteiger partial charge on any atom is 0.130 e. The number of rotatable bonds is 2. The predicted octanol–water partition coefficient (Wildman–Crippen LogP) is 2.32. The fourth-order valence-electron chi connectivity index (χ4n) is 1.74. The van der Waals surface area contributed by atoms with Gasteiger partial charge in [-0.05, 0) is 12.5 Å². The lowest BCUT2D eigenvalue weighted by molar-refractivity contribution is 0.302. The molecule has 0 saturated carbocycles. The Hall–Kier alpha value is -1.26. The molecule has 1 heteroatoms. The van der Waals surface area contributed by atoms with Gasteiger partial charge in [0.1, 0.15) is 5.60 Å². The summed E-state index contributed by atoms with van der Waals surface area (Å²) in [5.74, 6) is 2.67. The van der Waals surface area contributed by atoms with Crippen LogP contribution in [0.15, 0.2) is 30.3 Å². The van der Waals surface area contributed by atoms with E-state index in [0.717, 1.165) is 0 Å². The minimum atomic E-state index is -0.185. The third-order valence-electron chi connectivity index (χ3n) is 2.61. The lowest BCUT2D eigenvalue weighted by atomic mass is 9.93. The van der Waals surface area contributed by atoms with Crippen molar-refractivity contribution in [2.45, 2.75) is 25.0 Å². The van der Waals surface area contributed by atoms with Crippen LogP contribution in [0.1, 0.15) is 18.9 Å². The van der Waals surface area contributed by atoms with Gasteiger partial charge in [-0.25, -0.2) is 0 Å². The first kappa shape index (κ1) is 8.34. The molecular formula is C12H12O. The molecule has 1 aliphatic heterocycles. The van der Waals surface area contributed by atoms with Gasteiger partial charge in [0, 0.05) is 6.42 Å². The van der Waals surface area contributed by atoms with Crippen LogP contribution in [-0.2, 0) is 10.3 Å². The largest absolute Gasteiger partial charge is 0.360 e. The summed E-state index contributed by atoms with van der Waals surface area (Å²) >= 11 is 0. The molecule has 0 spiro atoms. The van der Waals surface area contributed by atoms with Crippen LogP contribution in [0.4, 0.5) is 0 Å². The topological polar surface area (TPSA) is 12.5 Å². The number of hydrogen-bond acceptors (Lipinski definition) is 1. The fourth-order valence-corrected chi connectivity index (χ4v) is 1.74. The molecule has 2 unspecified atom stereocenters. The summed E-state index contributed by atoms with van der Waals surface area (Å²) in [5, 5.41) is 0. The van der Waals surface area contributed by atoms with E-state index in [1.165, 1.54) is 5.56 Å². The molecule has 0 aromatic heterocycles. The Morgan fingerprint density at radius 1 is 1.46 bits per heavy atom. The Balaban J connectivity index is 2.30. The molecule has 0 amide bonds. The molecule has 0 N–H and O–H groups in total. The van der Waals surface area contributed by atoms with Gasteiger partial charge in [0.05, 0.1) is 6.10 Å². The first-order valence-electron chi connectivity index (χ1n) is 4.46. The van der Waals surface area contributed by atoms with E-state index in [-0.39, 0.29) is 11.7 Å². The standard InChI is InChI=1S/C12H12O/c1-3-9-12(10(2)13-12)11-7-5-4-6-8-11/h1,4-8,10H,9H2,2H3. The van der Waals surface area contributed by atoms with E-state index < -0.39 is 0 Å². The van der Waals surface area contributed by atoms with E-state index in [1.807, 2.05) is 18.2 Å². The first-order chi connectivity index (χ1) is 6.29. The molecule has 1 saturated heterocycles. The molecule has 1 fully saturated rings. The lowest BCUT2D eigenvalue weighted by Gasteiger charge is -2.08. The maximum atomic E-state index is 5.59. The first-order valence-corrected chi connectivity index (χ1v) is 4.46. The maximum absolute atomic E-state index is 5.59. The van der Waals surface area contributed by atoms with E-state index in [2.05, 4.69) is 25.0 Å². The molecule has 1 aliphatic rings. The molecule has 1 nitrogen and oxygen atoms in total. The average Bonchev–Trinajstić information content (AvgIpc) is 2.80. The SMILES string of the molecule is C#CCC1(c2ccccc2)OC1C. The monoisotopic (exact) mass is 172 g/mol. The number of ether oxygens (including phenoxy) is 1. The molecule has 66 valence electrons. The molecule has 0 bridgehead atoms. The number of terminal acetylenes is 1. The zero-order chi connectivity index (χ0) is 9.31. The minimum absolute atomic E-state index is 0.185. The van der Waals surface area contributed by atoms with Crippen molar-refractivity contribution in [3.63, 3.8) is 0 Å². The van der Waals surface area contributed by atoms with E-state index in [4.69, 9.17) is 11.2 Å². The normalized spacial score (nSPS) is 30.9. The van der Waals surface area contributed by atoms with Crippen molar-refractivity contribution in [2.75, 3.05) is 0 Å². The van der Waals surface area contributed by atoms with Gasteiger partial charge < -0.3 is 4.74 Å². The molecule has 0 aliphatic carbocycles. The number of benzene rings is 1. The number of hydrogen-bond donors (Lipinski definition) is 0. The quantitative estimate of drug-likeness (QED) is 0.492. The molecular weight excluding hydrogens is 160 g/mol. The molecule has 13 heavy (non-hydrogen) atoms. The lowest BCUT2D eigenvalue weighted by Crippen LogP contribution is -2.10. The Bertz CT molecular complexity index is 336. The van der Waals surface area contributed by atoms with Crippen LogP contribution in [0.5, 0.6) is 0 Å². The van der Waals surface area contributed by atoms with Gasteiger partial charge >= 0.3 is 0 Å². The molecule has 0 radical (unpaired) electrons. The van der Waals surface area contributed by atoms with Gasteiger partial charge in [0.15, 0.2) is 0 Å². The zero-order valence-electron chi connectivity index (χ0n) is 7.66.